The van der Waals surface area contributed by atoms with Crippen LogP contribution in [0.2, 0.25) is 0 Å². The molecule has 13 heterocycles. The molecule has 0 bridgehead atoms. The summed E-state index contributed by atoms with van der Waals surface area (Å²) in [7, 11) is 3.75. The summed E-state index contributed by atoms with van der Waals surface area (Å²) in [6.45, 7) is 62.1. The van der Waals surface area contributed by atoms with Crippen LogP contribution in [0.5, 0.6) is 0 Å². The molecule has 0 spiro atoms. The van der Waals surface area contributed by atoms with Crippen molar-refractivity contribution >= 4 is 121 Å². The summed E-state index contributed by atoms with van der Waals surface area (Å²) in [5.41, 5.74) is 51.9. The van der Waals surface area contributed by atoms with Gasteiger partial charge in [0.1, 0.15) is 27.9 Å². The van der Waals surface area contributed by atoms with Crippen LogP contribution in [0.15, 0.2) is 86.1 Å². The van der Waals surface area contributed by atoms with Crippen LogP contribution in [0.1, 0.15) is 181 Å². The monoisotopic (exact) mass is 1590 g/mol. The number of hydrogen-bond acceptors (Lipinski definition) is 19. The Kier molecular flexibility index (Phi) is 26.9. The fourth-order valence-electron chi connectivity index (χ4n) is 13.8. The van der Waals surface area contributed by atoms with Crippen molar-refractivity contribution in [2.75, 3.05) is 0 Å². The van der Waals surface area contributed by atoms with Gasteiger partial charge in [0.2, 0.25) is 0 Å². The highest BCUT2D eigenvalue weighted by Crippen LogP contribution is 2.33. The maximum Gasteiger partial charge on any atom is 0.279 e. The fourth-order valence-corrected chi connectivity index (χ4v) is 16.5. The quantitative estimate of drug-likeness (QED) is 0.138. The van der Waals surface area contributed by atoms with E-state index < -0.39 is 0 Å². The molecule has 0 saturated carbocycles. The lowest BCUT2D eigenvalue weighted by Crippen LogP contribution is -2.22. The van der Waals surface area contributed by atoms with E-state index in [0.717, 1.165) is 113 Å². The summed E-state index contributed by atoms with van der Waals surface area (Å²) in [6, 6.07) is 10.6. The van der Waals surface area contributed by atoms with Crippen LogP contribution in [-0.4, -0.2) is 77.3 Å². The van der Waals surface area contributed by atoms with Gasteiger partial charge in [-0.3, -0.25) is 19.3 Å². The van der Waals surface area contributed by atoms with Crippen molar-refractivity contribution in [2.24, 2.45) is 14.1 Å². The Labute approximate surface area is 688 Å². The highest BCUT2D eigenvalue weighted by Gasteiger charge is 2.18. The molecule has 598 valence electrons. The minimum atomic E-state index is -0.0794. The topological polar surface area (TPSA) is 225 Å². The predicted molar refractivity (Wildman–Crippen MR) is 480 cm³/mol. The van der Waals surface area contributed by atoms with E-state index in [9.17, 15) is 4.79 Å². The first-order chi connectivity index (χ1) is 54.2. The first kappa shape index (κ1) is 86.5. The Morgan fingerprint density at radius 2 is 0.957 bits per heavy atom. The number of imidazole rings is 1. The second-order valence-electron chi connectivity index (χ2n) is 30.8. The normalized spacial score (nSPS) is 11.4. The maximum atomic E-state index is 11.9. The third kappa shape index (κ3) is 18.3. The van der Waals surface area contributed by atoms with Gasteiger partial charge in [0.05, 0.1) is 95.8 Å². The molecule has 0 radical (unpaired) electrons. The van der Waals surface area contributed by atoms with Crippen LogP contribution < -0.4 is 5.56 Å². The van der Waals surface area contributed by atoms with Crippen molar-refractivity contribution in [3.05, 3.63) is 257 Å². The summed E-state index contributed by atoms with van der Waals surface area (Å²) in [6.07, 6.45) is 10.1. The first-order valence-electron chi connectivity index (χ1n) is 38.6. The molecule has 0 saturated heterocycles. The van der Waals surface area contributed by atoms with Crippen LogP contribution in [0.4, 0.5) is 0 Å². The average molecular weight is 1600 g/mol. The molecule has 0 N–H and O–H groups in total. The SMILES string of the molecule is CC1=CCc2nc(C)c(C)nc21.Cc1cc(C)c2nc(C)n(C)c(=O)c2n1.Cc1cc(C)c2ncn(C)c2c1C.Cc1cc(C)c2ncoc2c1C.Cc1cc(C)c2ncsc2c1C.Cc1cc(C)c2nsnc2c1C.Cc1nc2c(C)cnn2c(C)c1C.Cc1nc2c(C)coc2c(C)c1C.Cc1nc2c(C)csc2c(C)c1C. The second-order valence-corrected chi connectivity index (χ2v) is 33.0. The van der Waals surface area contributed by atoms with E-state index in [4.69, 9.17) is 8.83 Å². The standard InChI is InChI=1S/C11H13N3O.C11H14N2.C11H13NO.C11H13NS.C10H13N3.C10H12N2.C10H11NO.C10H11NS.C9H10N2S/c1-6-5-7(2)12-10-9(6)13-8(3)14(4)11(10)15;1-7-5-8(2)10-11(9(7)3)13(4)6-12-10;2*1-6-5-13-11-8(3)7(2)9(4)12-10(6)11;1-6-5-11-13-9(4)7(2)8(3)12-10(6)13;1-6-4-5-9-10(6)12-8(3)7(2)11-9;2*1-6-4-7(2)9-10(8(6)3)12-5-11-9;1-5-4-6(2)8-9(7(5)3)11-12-10-8/h5H,1-4H3;5-6H,1-4H3;3*5H,1-4H3;4H,5H2,1-3H3;2*4-5H,1-3H3;4H,1-3H3. The van der Waals surface area contributed by atoms with E-state index in [2.05, 4.69) is 249 Å². The number of aromatic nitrogens is 16. The number of furan rings is 1. The Balaban J connectivity index is 0.000000137. The molecule has 0 fully saturated rings. The molecule has 13 aromatic heterocycles. The Bertz CT molecular complexity index is 6230. The van der Waals surface area contributed by atoms with Gasteiger partial charge in [-0.15, -0.1) is 22.7 Å². The third-order valence-corrected chi connectivity index (χ3v) is 25.1. The van der Waals surface area contributed by atoms with Crippen molar-refractivity contribution in [1.29, 1.82) is 0 Å². The number of pyridine rings is 3. The van der Waals surface area contributed by atoms with Crippen LogP contribution >= 0.6 is 34.4 Å². The summed E-state index contributed by atoms with van der Waals surface area (Å²) >= 11 is 4.82. The molecule has 0 amide bonds. The van der Waals surface area contributed by atoms with Gasteiger partial charge < -0.3 is 13.4 Å². The number of allylic oxidation sites excluding steroid dienone is 2. The first-order valence-corrected chi connectivity index (χ1v) is 41.1. The van der Waals surface area contributed by atoms with Gasteiger partial charge in [-0.25, -0.2) is 44.4 Å². The molecule has 0 unspecified atom stereocenters. The number of thiophene rings is 1. The number of benzene rings is 4. The van der Waals surface area contributed by atoms with Gasteiger partial charge in [0, 0.05) is 60.1 Å². The molecular formula is C93H110N16O3S3. The minimum absolute atomic E-state index is 0.0794. The van der Waals surface area contributed by atoms with E-state index in [-0.39, 0.29) is 5.56 Å². The van der Waals surface area contributed by atoms with Crippen LogP contribution in [0.3, 0.4) is 0 Å². The van der Waals surface area contributed by atoms with E-state index in [1.165, 1.54) is 160 Å². The van der Waals surface area contributed by atoms with E-state index in [1.807, 2.05) is 98.0 Å². The van der Waals surface area contributed by atoms with Gasteiger partial charge in [0.25, 0.3) is 5.56 Å². The van der Waals surface area contributed by atoms with E-state index in [0.29, 0.717) is 16.9 Å². The molecule has 18 rings (SSSR count). The molecule has 17 aromatic rings. The molecule has 1 aliphatic rings. The zero-order chi connectivity index (χ0) is 84.4. The maximum absolute atomic E-state index is 11.9. The van der Waals surface area contributed by atoms with Crippen molar-refractivity contribution in [1.82, 2.24) is 77.3 Å². The molecule has 0 aliphatic heterocycles. The number of hydrogen-bond donors (Lipinski definition) is 0. The van der Waals surface area contributed by atoms with Gasteiger partial charge in [-0.1, -0.05) is 30.3 Å². The lowest BCUT2D eigenvalue weighted by molar-refractivity contribution is 0.599. The van der Waals surface area contributed by atoms with Crippen LogP contribution in [0.25, 0.3) is 87.0 Å². The number of thiazole rings is 1. The summed E-state index contributed by atoms with van der Waals surface area (Å²) in [5, 5.41) is 6.46. The van der Waals surface area contributed by atoms with Gasteiger partial charge in [-0.2, -0.15) is 13.8 Å². The smallest absolute Gasteiger partial charge is 0.279 e. The third-order valence-electron chi connectivity index (χ3n) is 22.4. The summed E-state index contributed by atoms with van der Waals surface area (Å²) in [5.74, 6) is 0.709. The lowest BCUT2D eigenvalue weighted by Gasteiger charge is -2.07. The molecule has 4 aromatic carbocycles. The van der Waals surface area contributed by atoms with E-state index >= 15 is 0 Å². The number of rotatable bonds is 0. The van der Waals surface area contributed by atoms with Crippen LogP contribution in [0, 0.1) is 201 Å². The van der Waals surface area contributed by atoms with Gasteiger partial charge in [0.15, 0.2) is 28.7 Å². The van der Waals surface area contributed by atoms with Gasteiger partial charge in [-0.05, 0) is 330 Å². The Hall–Kier alpha value is -10.9. The van der Waals surface area contributed by atoms with Gasteiger partial charge >= 0.3 is 0 Å². The van der Waals surface area contributed by atoms with E-state index in [1.54, 1.807) is 36.0 Å². The predicted octanol–water partition coefficient (Wildman–Crippen LogP) is 23.0. The lowest BCUT2D eigenvalue weighted by atomic mass is 10.0. The molecule has 19 nitrogen and oxygen atoms in total. The summed E-state index contributed by atoms with van der Waals surface area (Å²) < 4.78 is 27.5. The van der Waals surface area contributed by atoms with Crippen molar-refractivity contribution in [3.8, 4) is 0 Å². The molecular weight excluding hydrogens is 1490 g/mol. The highest BCUT2D eigenvalue weighted by atomic mass is 32.1. The molecule has 115 heavy (non-hydrogen) atoms. The summed E-state index contributed by atoms with van der Waals surface area (Å²) in [4.78, 5) is 56.0. The number of oxazole rings is 1. The number of nitrogens with zero attached hydrogens (tertiary/aromatic N) is 16. The largest absolute Gasteiger partial charge is 0.462 e. The van der Waals surface area contributed by atoms with Crippen molar-refractivity contribution in [2.45, 2.75) is 214 Å². The van der Waals surface area contributed by atoms with Crippen LogP contribution in [-0.2, 0) is 20.5 Å². The number of fused-ring (bicyclic) bond motifs is 9. The Morgan fingerprint density at radius 1 is 0.400 bits per heavy atom. The van der Waals surface area contributed by atoms with Crippen molar-refractivity contribution < 1.29 is 8.83 Å². The second kappa shape index (κ2) is 35.8. The molecule has 1 aliphatic carbocycles. The Morgan fingerprint density at radius 3 is 1.63 bits per heavy atom. The van der Waals surface area contributed by atoms with Crippen molar-refractivity contribution in [3.63, 3.8) is 0 Å². The fraction of sp³-hybridized carbons (Fsp3) is 0.355. The average Bonchev–Trinajstić information content (AvgIpc) is 1.66. The number of aryl methyl sites for hydroxylation is 27. The molecule has 22 heteroatoms. The minimum Gasteiger partial charge on any atom is -0.462 e. The zero-order valence-corrected chi connectivity index (χ0v) is 75.7. The zero-order valence-electron chi connectivity index (χ0n) is 73.2. The molecule has 0 atom stereocenters. The highest BCUT2D eigenvalue weighted by molar-refractivity contribution is 7.17.